The highest BCUT2D eigenvalue weighted by atomic mass is 32.2. The molecule has 0 radical (unpaired) electrons. The van der Waals surface area contributed by atoms with Crippen LogP contribution in [0.25, 0.3) is 0 Å². The first kappa shape index (κ1) is 13.0. The van der Waals surface area contributed by atoms with E-state index in [0.29, 0.717) is 5.69 Å². The third-order valence-electron chi connectivity index (χ3n) is 2.82. The molecule has 1 unspecified atom stereocenters. The summed E-state index contributed by atoms with van der Waals surface area (Å²) in [6, 6.07) is 7.26. The summed E-state index contributed by atoms with van der Waals surface area (Å²) in [6.07, 6.45) is 0.284. The van der Waals surface area contributed by atoms with Gasteiger partial charge in [-0.15, -0.1) is 11.8 Å². The van der Waals surface area contributed by atoms with Crippen molar-refractivity contribution in [2.45, 2.75) is 36.5 Å². The first-order chi connectivity index (χ1) is 8.49. The number of carbonyl (C=O) groups excluding carboxylic acids is 2. The van der Waals surface area contributed by atoms with Gasteiger partial charge in [-0.05, 0) is 38.1 Å². The molecule has 1 aliphatic heterocycles. The van der Waals surface area contributed by atoms with Crippen molar-refractivity contribution in [2.24, 2.45) is 0 Å². The van der Waals surface area contributed by atoms with E-state index >= 15 is 0 Å². The Kier molecular flexibility index (Phi) is 3.61. The van der Waals surface area contributed by atoms with Crippen molar-refractivity contribution in [1.29, 1.82) is 0 Å². The second-order valence-corrected chi connectivity index (χ2v) is 5.85. The molecule has 4 nitrogen and oxygen atoms in total. The number of benzene rings is 1. The largest absolute Gasteiger partial charge is 0.399 e. The van der Waals surface area contributed by atoms with Crippen LogP contribution in [-0.2, 0) is 9.59 Å². The number of imide groups is 1. The fraction of sp³-hybridized carbons (Fsp3) is 0.385. The highest BCUT2D eigenvalue weighted by Gasteiger charge is 2.40. The van der Waals surface area contributed by atoms with E-state index in [1.165, 1.54) is 16.7 Å². The lowest BCUT2D eigenvalue weighted by atomic mass is 10.3. The zero-order valence-corrected chi connectivity index (χ0v) is 11.2. The summed E-state index contributed by atoms with van der Waals surface area (Å²) in [5.41, 5.74) is 6.30. The van der Waals surface area contributed by atoms with Crippen LogP contribution in [0.2, 0.25) is 0 Å². The first-order valence-electron chi connectivity index (χ1n) is 5.87. The lowest BCUT2D eigenvalue weighted by molar-refractivity contribution is -0.140. The fourth-order valence-corrected chi connectivity index (χ4v) is 3.03. The minimum atomic E-state index is -0.302. The Morgan fingerprint density at radius 1 is 1.28 bits per heavy atom. The fourth-order valence-electron chi connectivity index (χ4n) is 1.97. The van der Waals surface area contributed by atoms with E-state index in [2.05, 4.69) is 0 Å². The topological polar surface area (TPSA) is 63.4 Å². The van der Waals surface area contributed by atoms with Gasteiger partial charge in [-0.25, -0.2) is 0 Å². The van der Waals surface area contributed by atoms with Crippen molar-refractivity contribution in [1.82, 2.24) is 4.90 Å². The molecule has 2 N–H and O–H groups in total. The van der Waals surface area contributed by atoms with Crippen LogP contribution in [-0.4, -0.2) is 28.0 Å². The third kappa shape index (κ3) is 2.51. The molecular weight excluding hydrogens is 248 g/mol. The molecule has 2 rings (SSSR count). The Bertz CT molecular complexity index is 470. The number of likely N-dealkylation sites (tertiary alicyclic amines) is 1. The Morgan fingerprint density at radius 3 is 2.39 bits per heavy atom. The third-order valence-corrected chi connectivity index (χ3v) is 4.01. The highest BCUT2D eigenvalue weighted by molar-refractivity contribution is 8.00. The Hall–Kier alpha value is -1.49. The number of nitrogens with two attached hydrogens (primary N) is 1. The van der Waals surface area contributed by atoms with E-state index in [4.69, 9.17) is 5.73 Å². The van der Waals surface area contributed by atoms with Gasteiger partial charge in [0.25, 0.3) is 0 Å². The van der Waals surface area contributed by atoms with Crippen molar-refractivity contribution in [3.8, 4) is 0 Å². The lowest BCUT2D eigenvalue weighted by Crippen LogP contribution is -2.37. The molecule has 1 saturated heterocycles. The molecular formula is C13H16N2O2S. The maximum absolute atomic E-state index is 12.1. The highest BCUT2D eigenvalue weighted by Crippen LogP contribution is 2.32. The standard InChI is InChI=1S/C13H16N2O2S/c1-8(2)15-12(16)7-11(13(15)17)18-10-5-3-9(14)4-6-10/h3-6,8,11H,7,14H2,1-2H3. The lowest BCUT2D eigenvalue weighted by Gasteiger charge is -2.18. The van der Waals surface area contributed by atoms with Crippen LogP contribution < -0.4 is 5.73 Å². The Morgan fingerprint density at radius 2 is 1.89 bits per heavy atom. The molecule has 2 amide bonds. The van der Waals surface area contributed by atoms with Gasteiger partial charge in [-0.3, -0.25) is 14.5 Å². The predicted octanol–water partition coefficient (Wildman–Crippen LogP) is 1.90. The minimum absolute atomic E-state index is 0.0676. The van der Waals surface area contributed by atoms with Gasteiger partial charge >= 0.3 is 0 Å². The number of thioether (sulfide) groups is 1. The van der Waals surface area contributed by atoms with Crippen LogP contribution in [0.1, 0.15) is 20.3 Å². The number of nitrogen functional groups attached to an aromatic ring is 1. The molecule has 1 atom stereocenters. The molecule has 1 heterocycles. The smallest absolute Gasteiger partial charge is 0.243 e. The average molecular weight is 264 g/mol. The molecule has 18 heavy (non-hydrogen) atoms. The Labute approximate surface area is 111 Å². The van der Waals surface area contributed by atoms with Crippen LogP contribution >= 0.6 is 11.8 Å². The summed E-state index contributed by atoms with van der Waals surface area (Å²) >= 11 is 1.43. The number of hydrogen-bond acceptors (Lipinski definition) is 4. The van der Waals surface area contributed by atoms with Crippen LogP contribution in [0.5, 0.6) is 0 Å². The molecule has 1 aromatic carbocycles. The zero-order valence-electron chi connectivity index (χ0n) is 10.4. The van der Waals surface area contributed by atoms with E-state index in [1.54, 1.807) is 12.1 Å². The average Bonchev–Trinajstić information content (AvgIpc) is 2.57. The van der Waals surface area contributed by atoms with Crippen LogP contribution in [0.4, 0.5) is 5.69 Å². The number of hydrogen-bond donors (Lipinski definition) is 1. The number of carbonyl (C=O) groups is 2. The normalized spacial score (nSPS) is 19.9. The van der Waals surface area contributed by atoms with E-state index in [9.17, 15) is 9.59 Å². The van der Waals surface area contributed by atoms with Crippen molar-refractivity contribution >= 4 is 29.3 Å². The van der Waals surface area contributed by atoms with Gasteiger partial charge in [-0.2, -0.15) is 0 Å². The summed E-state index contributed by atoms with van der Waals surface area (Å²) in [7, 11) is 0. The van der Waals surface area contributed by atoms with E-state index in [1.807, 2.05) is 26.0 Å². The SMILES string of the molecule is CC(C)N1C(=O)CC(Sc2ccc(N)cc2)C1=O. The molecule has 1 fully saturated rings. The van der Waals surface area contributed by atoms with Gasteiger partial charge in [0.15, 0.2) is 0 Å². The molecule has 0 aromatic heterocycles. The first-order valence-corrected chi connectivity index (χ1v) is 6.75. The van der Waals surface area contributed by atoms with E-state index in [0.717, 1.165) is 4.90 Å². The predicted molar refractivity (Wildman–Crippen MR) is 72.1 cm³/mol. The van der Waals surface area contributed by atoms with Gasteiger partial charge in [0.05, 0.1) is 5.25 Å². The Balaban J connectivity index is 2.10. The van der Waals surface area contributed by atoms with Crippen molar-refractivity contribution in [3.05, 3.63) is 24.3 Å². The maximum Gasteiger partial charge on any atom is 0.243 e. The zero-order chi connectivity index (χ0) is 13.3. The van der Waals surface area contributed by atoms with E-state index in [-0.39, 0.29) is 29.5 Å². The van der Waals surface area contributed by atoms with Crippen LogP contribution in [0.3, 0.4) is 0 Å². The van der Waals surface area contributed by atoms with Gasteiger partial charge in [-0.1, -0.05) is 0 Å². The summed E-state index contributed by atoms with van der Waals surface area (Å²) in [4.78, 5) is 26.2. The molecule has 0 aliphatic carbocycles. The van der Waals surface area contributed by atoms with E-state index < -0.39 is 0 Å². The van der Waals surface area contributed by atoms with Crippen molar-refractivity contribution in [2.75, 3.05) is 5.73 Å². The number of anilines is 1. The molecule has 0 spiro atoms. The van der Waals surface area contributed by atoms with Crippen molar-refractivity contribution < 1.29 is 9.59 Å². The number of nitrogens with zero attached hydrogens (tertiary/aromatic N) is 1. The molecule has 0 saturated carbocycles. The van der Waals surface area contributed by atoms with Crippen LogP contribution in [0, 0.1) is 0 Å². The molecule has 1 aromatic rings. The summed E-state index contributed by atoms with van der Waals surface area (Å²) in [5, 5.41) is -0.302. The minimum Gasteiger partial charge on any atom is -0.399 e. The molecule has 0 bridgehead atoms. The number of amides is 2. The maximum atomic E-state index is 12.1. The second kappa shape index (κ2) is 5.02. The monoisotopic (exact) mass is 264 g/mol. The van der Waals surface area contributed by atoms with Gasteiger partial charge in [0.1, 0.15) is 0 Å². The second-order valence-electron chi connectivity index (χ2n) is 4.58. The quantitative estimate of drug-likeness (QED) is 0.669. The molecule has 1 aliphatic rings. The molecule has 96 valence electrons. The van der Waals surface area contributed by atoms with Crippen LogP contribution in [0.15, 0.2) is 29.2 Å². The molecule has 5 heteroatoms. The van der Waals surface area contributed by atoms with Crippen molar-refractivity contribution in [3.63, 3.8) is 0 Å². The number of rotatable bonds is 3. The van der Waals surface area contributed by atoms with Gasteiger partial charge in [0.2, 0.25) is 11.8 Å². The summed E-state index contributed by atoms with van der Waals surface area (Å²) in [6.45, 7) is 3.71. The van der Waals surface area contributed by atoms with Gasteiger partial charge in [0, 0.05) is 23.0 Å². The summed E-state index contributed by atoms with van der Waals surface area (Å²) in [5.74, 6) is -0.167. The van der Waals surface area contributed by atoms with Gasteiger partial charge < -0.3 is 5.73 Å². The summed E-state index contributed by atoms with van der Waals surface area (Å²) < 4.78 is 0.